The van der Waals surface area contributed by atoms with E-state index in [0.29, 0.717) is 17.7 Å². The number of hydrogen-bond acceptors (Lipinski definition) is 4. The number of halogens is 3. The van der Waals surface area contributed by atoms with E-state index in [-0.39, 0.29) is 11.6 Å². The molecule has 0 spiro atoms. The van der Waals surface area contributed by atoms with E-state index in [4.69, 9.17) is 0 Å². The van der Waals surface area contributed by atoms with E-state index in [1.165, 1.54) is 41.0 Å². The van der Waals surface area contributed by atoms with E-state index in [0.717, 1.165) is 37.2 Å². The summed E-state index contributed by atoms with van der Waals surface area (Å²) in [5.74, 6) is -0.386. The Bertz CT molecular complexity index is 1070. The van der Waals surface area contributed by atoms with Crippen LogP contribution in [0.25, 0.3) is 0 Å². The molecule has 0 bridgehead atoms. The highest BCUT2D eigenvalue weighted by Gasteiger charge is 2.32. The van der Waals surface area contributed by atoms with Crippen LogP contribution in [0.5, 0.6) is 0 Å². The second kappa shape index (κ2) is 8.47. The third-order valence-corrected chi connectivity index (χ3v) is 6.41. The molecule has 0 saturated carbocycles. The molecule has 164 valence electrons. The topological polar surface area (TPSA) is 41.4 Å². The Morgan fingerprint density at radius 1 is 1.29 bits per heavy atom. The summed E-state index contributed by atoms with van der Waals surface area (Å²) < 4.78 is 41.5. The van der Waals surface area contributed by atoms with Gasteiger partial charge in [-0.05, 0) is 49.7 Å². The van der Waals surface area contributed by atoms with Crippen molar-refractivity contribution in [1.82, 2.24) is 14.5 Å². The first-order valence-corrected chi connectivity index (χ1v) is 10.9. The summed E-state index contributed by atoms with van der Waals surface area (Å²) in [6, 6.07) is 9.23. The number of aryl methyl sites for hydroxylation is 1. The molecule has 1 atom stereocenters. The number of hydrogen-bond donors (Lipinski definition) is 0. The molecule has 1 aliphatic heterocycles. The van der Waals surface area contributed by atoms with Crippen molar-refractivity contribution in [1.29, 1.82) is 0 Å². The second-order valence-corrected chi connectivity index (χ2v) is 8.53. The van der Waals surface area contributed by atoms with Gasteiger partial charge in [-0.1, -0.05) is 6.07 Å². The van der Waals surface area contributed by atoms with Crippen molar-refractivity contribution in [2.24, 2.45) is 7.05 Å². The van der Waals surface area contributed by atoms with Crippen LogP contribution < -0.4 is 4.90 Å². The summed E-state index contributed by atoms with van der Waals surface area (Å²) in [6.07, 6.45) is -0.282. The van der Waals surface area contributed by atoms with Crippen LogP contribution in [0.15, 0.2) is 48.0 Å². The highest BCUT2D eigenvalue weighted by Crippen LogP contribution is 2.36. The van der Waals surface area contributed by atoms with Gasteiger partial charge in [-0.2, -0.15) is 13.2 Å². The molecule has 9 heteroatoms. The number of thiazole rings is 1. The lowest BCUT2D eigenvalue weighted by Crippen LogP contribution is -2.25. The molecule has 1 aliphatic rings. The number of alkyl halides is 3. The molecule has 1 aromatic carbocycles. The number of rotatable bonds is 5. The van der Waals surface area contributed by atoms with E-state index >= 15 is 0 Å². The molecule has 0 unspecified atom stereocenters. The van der Waals surface area contributed by atoms with Crippen LogP contribution in [0.4, 0.5) is 24.0 Å². The fourth-order valence-electron chi connectivity index (χ4n) is 4.10. The summed E-state index contributed by atoms with van der Waals surface area (Å²) in [6.45, 7) is 2.90. The Labute approximate surface area is 182 Å². The van der Waals surface area contributed by atoms with Crippen molar-refractivity contribution in [3.05, 3.63) is 64.9 Å². The first-order valence-electron chi connectivity index (χ1n) is 10.0. The SMILES string of the molecule is CC(=O)N(c1cccc(C(F)(F)F)c1)c1nc(CN2CCC[C@@H]2c2cccn2C)cs1. The van der Waals surface area contributed by atoms with Crippen molar-refractivity contribution in [3.63, 3.8) is 0 Å². The van der Waals surface area contributed by atoms with Gasteiger partial charge in [0.25, 0.3) is 0 Å². The maximum Gasteiger partial charge on any atom is 0.416 e. The standard InChI is InChI=1S/C22H23F3N4OS/c1-15(30)29(18-7-3-6-16(12-18)22(23,24)25)21-26-17(14-31-21)13-28-11-5-9-20(28)19-8-4-10-27(19)2/h3-4,6-8,10,12,14,20H,5,9,11,13H2,1-2H3/t20-/m1/s1. The van der Waals surface area contributed by atoms with E-state index in [1.807, 2.05) is 24.7 Å². The van der Waals surface area contributed by atoms with Crippen molar-refractivity contribution in [2.45, 2.75) is 38.5 Å². The molecule has 5 nitrogen and oxygen atoms in total. The van der Waals surface area contributed by atoms with E-state index in [2.05, 4.69) is 20.5 Å². The Balaban J connectivity index is 1.57. The van der Waals surface area contributed by atoms with Gasteiger partial charge in [0.1, 0.15) is 0 Å². The first kappa shape index (κ1) is 21.6. The number of nitrogens with zero attached hydrogens (tertiary/aromatic N) is 4. The van der Waals surface area contributed by atoms with Gasteiger partial charge < -0.3 is 4.57 Å². The zero-order valence-corrected chi connectivity index (χ0v) is 18.1. The smallest absolute Gasteiger partial charge is 0.353 e. The van der Waals surface area contributed by atoms with Gasteiger partial charge in [-0.3, -0.25) is 14.6 Å². The third kappa shape index (κ3) is 4.52. The largest absolute Gasteiger partial charge is 0.416 e. The molecule has 1 saturated heterocycles. The molecular weight excluding hydrogens is 425 g/mol. The molecule has 4 rings (SSSR count). The zero-order chi connectivity index (χ0) is 22.2. The fraction of sp³-hybridized carbons (Fsp3) is 0.364. The summed E-state index contributed by atoms with van der Waals surface area (Å²) >= 11 is 1.26. The Morgan fingerprint density at radius 3 is 2.77 bits per heavy atom. The van der Waals surface area contributed by atoms with Crippen LogP contribution in [0.2, 0.25) is 0 Å². The van der Waals surface area contributed by atoms with Crippen LogP contribution in [0, 0.1) is 0 Å². The van der Waals surface area contributed by atoms with Crippen LogP contribution >= 0.6 is 11.3 Å². The maximum absolute atomic E-state index is 13.1. The number of anilines is 2. The van der Waals surface area contributed by atoms with Gasteiger partial charge >= 0.3 is 6.18 Å². The second-order valence-electron chi connectivity index (χ2n) is 7.70. The number of carbonyl (C=O) groups excluding carboxylic acids is 1. The number of amides is 1. The van der Waals surface area contributed by atoms with Crippen LogP contribution in [-0.4, -0.2) is 26.9 Å². The Morgan fingerprint density at radius 2 is 2.10 bits per heavy atom. The number of likely N-dealkylation sites (tertiary alicyclic amines) is 1. The van der Waals surface area contributed by atoms with Crippen molar-refractivity contribution in [2.75, 3.05) is 11.4 Å². The van der Waals surface area contributed by atoms with E-state index < -0.39 is 11.7 Å². The molecule has 3 heterocycles. The molecule has 0 N–H and O–H groups in total. The fourth-order valence-corrected chi connectivity index (χ4v) is 4.98. The maximum atomic E-state index is 13.1. The van der Waals surface area contributed by atoms with Gasteiger partial charge in [0, 0.05) is 37.8 Å². The van der Waals surface area contributed by atoms with Crippen LogP contribution in [-0.2, 0) is 24.6 Å². The van der Waals surface area contributed by atoms with E-state index in [9.17, 15) is 18.0 Å². The average Bonchev–Trinajstić information content (AvgIpc) is 3.43. The molecule has 0 radical (unpaired) electrons. The van der Waals surface area contributed by atoms with Crippen molar-refractivity contribution in [3.8, 4) is 0 Å². The molecule has 3 aromatic rings. The Hall–Kier alpha value is -2.65. The number of benzene rings is 1. The van der Waals surface area contributed by atoms with Crippen LogP contribution in [0.3, 0.4) is 0 Å². The first-order chi connectivity index (χ1) is 14.7. The minimum atomic E-state index is -4.48. The number of aromatic nitrogens is 2. The minimum absolute atomic E-state index is 0.158. The average molecular weight is 449 g/mol. The summed E-state index contributed by atoms with van der Waals surface area (Å²) in [7, 11) is 2.03. The molecular formula is C22H23F3N4OS. The molecule has 1 amide bonds. The van der Waals surface area contributed by atoms with Gasteiger partial charge in [0.05, 0.1) is 23.0 Å². The van der Waals surface area contributed by atoms with E-state index in [1.54, 1.807) is 0 Å². The van der Waals surface area contributed by atoms with Crippen molar-refractivity contribution < 1.29 is 18.0 Å². The quantitative estimate of drug-likeness (QED) is 0.516. The normalized spacial score (nSPS) is 17.3. The zero-order valence-electron chi connectivity index (χ0n) is 17.3. The molecule has 31 heavy (non-hydrogen) atoms. The van der Waals surface area contributed by atoms with Gasteiger partial charge in [-0.25, -0.2) is 4.98 Å². The lowest BCUT2D eigenvalue weighted by molar-refractivity contribution is -0.137. The lowest BCUT2D eigenvalue weighted by Gasteiger charge is -2.24. The summed E-state index contributed by atoms with van der Waals surface area (Å²) in [5, 5.41) is 2.25. The van der Waals surface area contributed by atoms with Gasteiger partial charge in [0.2, 0.25) is 5.91 Å². The summed E-state index contributed by atoms with van der Waals surface area (Å²) in [5.41, 5.74) is 1.42. The minimum Gasteiger partial charge on any atom is -0.353 e. The van der Waals surface area contributed by atoms with Crippen LogP contribution in [0.1, 0.15) is 42.8 Å². The third-order valence-electron chi connectivity index (χ3n) is 5.53. The highest BCUT2D eigenvalue weighted by atomic mass is 32.1. The Kier molecular flexibility index (Phi) is 5.90. The van der Waals surface area contributed by atoms with Crippen molar-refractivity contribution >= 4 is 28.1 Å². The molecule has 0 aliphatic carbocycles. The monoisotopic (exact) mass is 448 g/mol. The number of carbonyl (C=O) groups is 1. The molecule has 2 aromatic heterocycles. The van der Waals surface area contributed by atoms with Gasteiger partial charge in [-0.15, -0.1) is 11.3 Å². The lowest BCUT2D eigenvalue weighted by atomic mass is 10.1. The highest BCUT2D eigenvalue weighted by molar-refractivity contribution is 7.14. The predicted molar refractivity (Wildman–Crippen MR) is 114 cm³/mol. The predicted octanol–water partition coefficient (Wildman–Crippen LogP) is 5.52. The summed E-state index contributed by atoms with van der Waals surface area (Å²) in [4.78, 5) is 20.5. The van der Waals surface area contributed by atoms with Gasteiger partial charge in [0.15, 0.2) is 5.13 Å². The molecule has 1 fully saturated rings.